The predicted octanol–water partition coefficient (Wildman–Crippen LogP) is 4.80. The number of imidazole rings is 1. The summed E-state index contributed by atoms with van der Waals surface area (Å²) in [6, 6.07) is 16.7. The Bertz CT molecular complexity index is 1290. The van der Waals surface area contributed by atoms with Crippen LogP contribution in [0.25, 0.3) is 33.9 Å². The lowest BCUT2D eigenvalue weighted by atomic mass is 9.95. The van der Waals surface area contributed by atoms with E-state index in [0.29, 0.717) is 17.3 Å². The molecule has 0 aliphatic heterocycles. The van der Waals surface area contributed by atoms with Gasteiger partial charge in [0.25, 0.3) is 0 Å². The predicted molar refractivity (Wildman–Crippen MR) is 132 cm³/mol. The first-order valence-electron chi connectivity index (χ1n) is 11.1. The first-order chi connectivity index (χ1) is 16.8. The molecule has 0 radical (unpaired) electrons. The van der Waals surface area contributed by atoms with E-state index in [9.17, 15) is 15.0 Å². The van der Waals surface area contributed by atoms with Crippen LogP contribution in [-0.2, 0) is 11.4 Å². The summed E-state index contributed by atoms with van der Waals surface area (Å²) >= 11 is 0. The molecule has 0 aliphatic carbocycles. The van der Waals surface area contributed by atoms with Crippen molar-refractivity contribution in [2.75, 3.05) is 13.7 Å². The van der Waals surface area contributed by atoms with Crippen LogP contribution in [0.2, 0.25) is 0 Å². The summed E-state index contributed by atoms with van der Waals surface area (Å²) < 4.78 is 11.1. The molecule has 0 saturated heterocycles. The van der Waals surface area contributed by atoms with Crippen molar-refractivity contribution in [2.24, 2.45) is 5.41 Å². The molecular weight excluding hydrogens is 446 g/mol. The van der Waals surface area contributed by atoms with Gasteiger partial charge in [-0.05, 0) is 61.9 Å². The monoisotopic (exact) mass is 473 g/mol. The molecule has 0 bridgehead atoms. The van der Waals surface area contributed by atoms with E-state index in [4.69, 9.17) is 9.47 Å². The van der Waals surface area contributed by atoms with Gasteiger partial charge in [0.1, 0.15) is 23.9 Å². The number of carbonyl (C=O) groups is 1. The maximum Gasteiger partial charge on any atom is 0.312 e. The number of methoxy groups -OCH3 is 1. The third kappa shape index (κ3) is 5.17. The molecule has 2 aromatic heterocycles. The number of hydrogen-bond acceptors (Lipinski definition) is 6. The number of pyridine rings is 1. The lowest BCUT2D eigenvalue weighted by Gasteiger charge is -2.19. The summed E-state index contributed by atoms with van der Waals surface area (Å²) in [5.41, 5.74) is 3.80. The van der Waals surface area contributed by atoms with Crippen molar-refractivity contribution in [1.82, 2.24) is 15.0 Å². The SMILES string of the molecule is COc1cccc(CO)c1-c1cnc(-c2ccc(-c3ccc(OCC(C)(C)C(=O)O)cc3)nc2)[nH]1. The van der Waals surface area contributed by atoms with Crippen molar-refractivity contribution in [3.63, 3.8) is 0 Å². The fraction of sp³-hybridized carbons (Fsp3) is 0.222. The lowest BCUT2D eigenvalue weighted by molar-refractivity contribution is -0.148. The molecule has 35 heavy (non-hydrogen) atoms. The highest BCUT2D eigenvalue weighted by atomic mass is 16.5. The Balaban J connectivity index is 1.50. The van der Waals surface area contributed by atoms with Gasteiger partial charge in [-0.2, -0.15) is 0 Å². The first-order valence-corrected chi connectivity index (χ1v) is 11.1. The summed E-state index contributed by atoms with van der Waals surface area (Å²) in [5, 5.41) is 18.9. The number of aliphatic hydroxyl groups excluding tert-OH is 1. The van der Waals surface area contributed by atoms with Crippen molar-refractivity contribution in [2.45, 2.75) is 20.5 Å². The van der Waals surface area contributed by atoms with Crippen LogP contribution in [0.15, 0.2) is 67.0 Å². The number of hydrogen-bond donors (Lipinski definition) is 3. The molecule has 4 rings (SSSR count). The summed E-state index contributed by atoms with van der Waals surface area (Å²) in [6.07, 6.45) is 3.46. The number of aromatic amines is 1. The molecule has 180 valence electrons. The van der Waals surface area contributed by atoms with Crippen molar-refractivity contribution >= 4 is 5.97 Å². The zero-order chi connectivity index (χ0) is 25.0. The smallest absolute Gasteiger partial charge is 0.312 e. The number of carboxylic acid groups (broad SMARTS) is 1. The number of aliphatic carboxylic acids is 1. The highest BCUT2D eigenvalue weighted by molar-refractivity contribution is 5.74. The van der Waals surface area contributed by atoms with Crippen LogP contribution in [0.1, 0.15) is 19.4 Å². The van der Waals surface area contributed by atoms with E-state index < -0.39 is 11.4 Å². The zero-order valence-electron chi connectivity index (χ0n) is 19.8. The molecule has 0 amide bonds. The Labute approximate surface area is 203 Å². The molecule has 0 unspecified atom stereocenters. The molecule has 0 aliphatic rings. The Morgan fingerprint density at radius 1 is 1.00 bits per heavy atom. The minimum Gasteiger partial charge on any atom is -0.496 e. The number of aliphatic hydroxyl groups is 1. The molecule has 0 spiro atoms. The Morgan fingerprint density at radius 2 is 1.74 bits per heavy atom. The average Bonchev–Trinajstić information content (AvgIpc) is 3.37. The van der Waals surface area contributed by atoms with Gasteiger partial charge >= 0.3 is 5.97 Å². The van der Waals surface area contributed by atoms with Gasteiger partial charge in [0.15, 0.2) is 0 Å². The number of ether oxygens (including phenoxy) is 2. The Kier molecular flexibility index (Phi) is 6.84. The van der Waals surface area contributed by atoms with E-state index in [1.807, 2.05) is 42.5 Å². The zero-order valence-corrected chi connectivity index (χ0v) is 19.8. The number of nitrogens with zero attached hydrogens (tertiary/aromatic N) is 2. The van der Waals surface area contributed by atoms with Gasteiger partial charge in [0, 0.05) is 22.9 Å². The minimum atomic E-state index is -0.965. The largest absolute Gasteiger partial charge is 0.496 e. The van der Waals surface area contributed by atoms with Crippen molar-refractivity contribution < 1.29 is 24.5 Å². The molecule has 0 fully saturated rings. The van der Waals surface area contributed by atoms with Crippen LogP contribution in [0.3, 0.4) is 0 Å². The fourth-order valence-corrected chi connectivity index (χ4v) is 3.53. The molecular formula is C27H27N3O5. The molecule has 4 aromatic rings. The van der Waals surface area contributed by atoms with E-state index in [1.54, 1.807) is 45.5 Å². The van der Waals surface area contributed by atoms with E-state index in [-0.39, 0.29) is 13.2 Å². The number of rotatable bonds is 9. The lowest BCUT2D eigenvalue weighted by Crippen LogP contribution is -2.30. The number of benzene rings is 2. The van der Waals surface area contributed by atoms with Gasteiger partial charge in [0.2, 0.25) is 0 Å². The van der Waals surface area contributed by atoms with Gasteiger partial charge in [-0.25, -0.2) is 4.98 Å². The minimum absolute atomic E-state index is 0.0778. The third-order valence-electron chi connectivity index (χ3n) is 5.71. The second-order valence-corrected chi connectivity index (χ2v) is 8.73. The number of aromatic nitrogens is 3. The van der Waals surface area contributed by atoms with Crippen LogP contribution in [0.5, 0.6) is 11.5 Å². The van der Waals surface area contributed by atoms with Gasteiger partial charge in [-0.1, -0.05) is 12.1 Å². The molecule has 8 heteroatoms. The normalized spacial score (nSPS) is 11.3. The van der Waals surface area contributed by atoms with Gasteiger partial charge in [-0.3, -0.25) is 9.78 Å². The summed E-state index contributed by atoms with van der Waals surface area (Å²) in [6.45, 7) is 3.21. The van der Waals surface area contributed by atoms with E-state index in [1.165, 1.54) is 0 Å². The van der Waals surface area contributed by atoms with Crippen molar-refractivity contribution in [1.29, 1.82) is 0 Å². The van der Waals surface area contributed by atoms with Crippen LogP contribution in [0.4, 0.5) is 0 Å². The molecule has 0 atom stereocenters. The van der Waals surface area contributed by atoms with Crippen LogP contribution < -0.4 is 9.47 Å². The van der Waals surface area contributed by atoms with E-state index in [2.05, 4.69) is 15.0 Å². The molecule has 0 saturated carbocycles. The summed E-state index contributed by atoms with van der Waals surface area (Å²) in [4.78, 5) is 23.6. The van der Waals surface area contributed by atoms with Crippen LogP contribution in [0, 0.1) is 5.41 Å². The topological polar surface area (TPSA) is 118 Å². The number of carboxylic acids is 1. The summed E-state index contributed by atoms with van der Waals surface area (Å²) in [5.74, 6) is 0.998. The molecule has 3 N–H and O–H groups in total. The molecule has 8 nitrogen and oxygen atoms in total. The van der Waals surface area contributed by atoms with Crippen LogP contribution >= 0.6 is 0 Å². The molecule has 2 heterocycles. The van der Waals surface area contributed by atoms with Crippen LogP contribution in [-0.4, -0.2) is 44.9 Å². The fourth-order valence-electron chi connectivity index (χ4n) is 3.53. The molecule has 2 aromatic carbocycles. The van der Waals surface area contributed by atoms with E-state index >= 15 is 0 Å². The Hall–Kier alpha value is -4.17. The second-order valence-electron chi connectivity index (χ2n) is 8.73. The maximum absolute atomic E-state index is 11.2. The van der Waals surface area contributed by atoms with Gasteiger partial charge < -0.3 is 24.7 Å². The maximum atomic E-state index is 11.2. The first kappa shape index (κ1) is 24.0. The van der Waals surface area contributed by atoms with Crippen molar-refractivity contribution in [3.05, 3.63) is 72.6 Å². The summed E-state index contributed by atoms with van der Waals surface area (Å²) in [7, 11) is 1.59. The number of H-pyrrole nitrogens is 1. The number of nitrogens with one attached hydrogen (secondary N) is 1. The quantitative estimate of drug-likeness (QED) is 0.320. The third-order valence-corrected chi connectivity index (χ3v) is 5.71. The van der Waals surface area contributed by atoms with Crippen molar-refractivity contribution in [3.8, 4) is 45.4 Å². The average molecular weight is 474 g/mol. The van der Waals surface area contributed by atoms with E-state index in [0.717, 1.165) is 33.6 Å². The van der Waals surface area contributed by atoms with Gasteiger partial charge in [0.05, 0.1) is 36.7 Å². The highest BCUT2D eigenvalue weighted by Crippen LogP contribution is 2.33. The highest BCUT2D eigenvalue weighted by Gasteiger charge is 2.28. The second kappa shape index (κ2) is 9.99. The Morgan fingerprint density at radius 3 is 2.37 bits per heavy atom. The van der Waals surface area contributed by atoms with Gasteiger partial charge in [-0.15, -0.1) is 0 Å². The standard InChI is InChI=1S/C27H27N3O5/c1-27(2,26(32)33)16-35-20-10-7-17(8-11-20)21-12-9-18(13-28-21)25-29-14-22(30-25)24-19(15-31)5-4-6-23(24)34-3/h4-14,31H,15-16H2,1-3H3,(H,29,30)(H,32,33).